The molecular formula is C11H10FN3. The van der Waals surface area contributed by atoms with E-state index in [0.29, 0.717) is 10.8 Å². The molecule has 76 valence electrons. The van der Waals surface area contributed by atoms with E-state index in [1.54, 1.807) is 37.3 Å². The van der Waals surface area contributed by atoms with Crippen molar-refractivity contribution in [2.24, 2.45) is 0 Å². The van der Waals surface area contributed by atoms with Crippen molar-refractivity contribution in [1.29, 1.82) is 0 Å². The van der Waals surface area contributed by atoms with E-state index >= 15 is 0 Å². The third-order valence-corrected chi connectivity index (χ3v) is 1.94. The second-order valence-corrected chi connectivity index (χ2v) is 3.11. The third kappa shape index (κ3) is 2.10. The second kappa shape index (κ2) is 4.04. The minimum absolute atomic E-state index is 0.0567. The van der Waals surface area contributed by atoms with Gasteiger partial charge >= 0.3 is 0 Å². The van der Waals surface area contributed by atoms with E-state index in [4.69, 9.17) is 0 Å². The molecule has 1 aromatic carbocycles. The molecule has 0 saturated carbocycles. The van der Waals surface area contributed by atoms with Crippen molar-refractivity contribution in [2.45, 2.75) is 6.92 Å². The van der Waals surface area contributed by atoms with Crippen LogP contribution in [0.15, 0.2) is 42.6 Å². The zero-order valence-electron chi connectivity index (χ0n) is 8.26. The van der Waals surface area contributed by atoms with E-state index in [1.807, 2.05) is 6.07 Å². The van der Waals surface area contributed by atoms with Crippen LogP contribution in [0.1, 0.15) is 5.69 Å². The smallest absolute Gasteiger partial charge is 0.219 e. The lowest BCUT2D eigenvalue weighted by molar-refractivity contribution is 0.491. The summed E-state index contributed by atoms with van der Waals surface area (Å²) < 4.78 is 13.8. The zero-order chi connectivity index (χ0) is 10.7. The summed E-state index contributed by atoms with van der Waals surface area (Å²) in [4.78, 5) is 7.84. The minimum atomic E-state index is 0.0567. The number of para-hydroxylation sites is 1. The van der Waals surface area contributed by atoms with Crippen molar-refractivity contribution >= 4 is 11.6 Å². The van der Waals surface area contributed by atoms with Crippen LogP contribution in [0, 0.1) is 6.92 Å². The lowest BCUT2D eigenvalue weighted by Crippen LogP contribution is -2.07. The molecule has 0 bridgehead atoms. The maximum atomic E-state index is 13.8. The summed E-state index contributed by atoms with van der Waals surface area (Å²) in [5, 5.41) is 0.465. The normalized spacial score (nSPS) is 10.0. The molecular weight excluding hydrogens is 193 g/mol. The van der Waals surface area contributed by atoms with Gasteiger partial charge in [-0.15, -0.1) is 5.12 Å². The van der Waals surface area contributed by atoms with Gasteiger partial charge in [-0.25, -0.2) is 9.97 Å². The average molecular weight is 203 g/mol. The number of halogens is 1. The quantitative estimate of drug-likeness (QED) is 0.703. The highest BCUT2D eigenvalue weighted by atomic mass is 19.2. The molecule has 15 heavy (non-hydrogen) atoms. The van der Waals surface area contributed by atoms with Crippen LogP contribution in [-0.4, -0.2) is 9.97 Å². The summed E-state index contributed by atoms with van der Waals surface area (Å²) in [5.41, 5.74) is 1.15. The van der Waals surface area contributed by atoms with Crippen molar-refractivity contribution < 1.29 is 4.48 Å². The first-order chi connectivity index (χ1) is 7.27. The van der Waals surface area contributed by atoms with Gasteiger partial charge in [0.2, 0.25) is 0 Å². The minimum Gasteiger partial charge on any atom is -0.219 e. The molecule has 1 heterocycles. The molecule has 4 heteroatoms. The molecule has 0 radical (unpaired) electrons. The Morgan fingerprint density at radius 3 is 2.53 bits per heavy atom. The van der Waals surface area contributed by atoms with E-state index in [-0.39, 0.29) is 5.95 Å². The molecule has 0 N–H and O–H groups in total. The van der Waals surface area contributed by atoms with Gasteiger partial charge in [0, 0.05) is 11.9 Å². The Kier molecular flexibility index (Phi) is 2.58. The maximum Gasteiger partial charge on any atom is 0.259 e. The Balaban J connectivity index is 2.32. The van der Waals surface area contributed by atoms with Crippen LogP contribution in [0.2, 0.25) is 0 Å². The summed E-state index contributed by atoms with van der Waals surface area (Å²) in [6.45, 7) is 1.80. The lowest BCUT2D eigenvalue weighted by Gasteiger charge is -2.11. The first-order valence-electron chi connectivity index (χ1n) is 4.58. The van der Waals surface area contributed by atoms with Crippen molar-refractivity contribution in [2.75, 3.05) is 5.12 Å². The molecule has 0 spiro atoms. The topological polar surface area (TPSA) is 29.0 Å². The van der Waals surface area contributed by atoms with Gasteiger partial charge in [-0.1, -0.05) is 22.7 Å². The van der Waals surface area contributed by atoms with Crippen LogP contribution in [0.25, 0.3) is 0 Å². The van der Waals surface area contributed by atoms with Gasteiger partial charge in [0.15, 0.2) is 0 Å². The Morgan fingerprint density at radius 2 is 1.87 bits per heavy atom. The van der Waals surface area contributed by atoms with E-state index in [0.717, 1.165) is 5.69 Å². The number of rotatable bonds is 2. The first kappa shape index (κ1) is 9.58. The van der Waals surface area contributed by atoms with Crippen LogP contribution in [0.5, 0.6) is 0 Å². The number of nitrogens with zero attached hydrogens (tertiary/aromatic N) is 3. The van der Waals surface area contributed by atoms with Gasteiger partial charge in [0.25, 0.3) is 5.95 Å². The summed E-state index contributed by atoms with van der Waals surface area (Å²) in [5.74, 6) is 0.0567. The second-order valence-electron chi connectivity index (χ2n) is 3.11. The van der Waals surface area contributed by atoms with E-state index < -0.39 is 0 Å². The average Bonchev–Trinajstić information content (AvgIpc) is 2.29. The van der Waals surface area contributed by atoms with Gasteiger partial charge in [-0.3, -0.25) is 0 Å². The van der Waals surface area contributed by atoms with Crippen LogP contribution >= 0.6 is 0 Å². The highest BCUT2D eigenvalue weighted by Crippen LogP contribution is 2.21. The molecule has 0 aliphatic heterocycles. The van der Waals surface area contributed by atoms with E-state index in [2.05, 4.69) is 9.97 Å². The number of hydrogen-bond donors (Lipinski definition) is 0. The van der Waals surface area contributed by atoms with Crippen LogP contribution in [0.3, 0.4) is 0 Å². The summed E-state index contributed by atoms with van der Waals surface area (Å²) >= 11 is 0. The monoisotopic (exact) mass is 203 g/mol. The molecule has 1 aromatic heterocycles. The van der Waals surface area contributed by atoms with Crippen molar-refractivity contribution in [3.8, 4) is 0 Å². The van der Waals surface area contributed by atoms with Crippen molar-refractivity contribution in [1.82, 2.24) is 9.97 Å². The number of anilines is 2. The SMILES string of the molecule is Cc1ccnc(N(F)c2ccccc2)n1. The molecule has 0 unspecified atom stereocenters. The summed E-state index contributed by atoms with van der Waals surface area (Å²) in [6, 6.07) is 10.4. The molecule has 0 aliphatic carbocycles. The fraction of sp³-hybridized carbons (Fsp3) is 0.0909. The van der Waals surface area contributed by atoms with Crippen LogP contribution in [0.4, 0.5) is 16.1 Å². The van der Waals surface area contributed by atoms with Gasteiger partial charge in [-0.05, 0) is 25.1 Å². The Labute approximate surface area is 87.2 Å². The molecule has 0 amide bonds. The predicted molar refractivity (Wildman–Crippen MR) is 56.5 cm³/mol. The first-order valence-corrected chi connectivity index (χ1v) is 4.58. The van der Waals surface area contributed by atoms with Gasteiger partial charge in [0.05, 0.1) is 5.69 Å². The fourth-order valence-corrected chi connectivity index (χ4v) is 1.20. The Bertz CT molecular complexity index is 445. The predicted octanol–water partition coefficient (Wildman–Crippen LogP) is 2.81. The fourth-order valence-electron chi connectivity index (χ4n) is 1.20. The van der Waals surface area contributed by atoms with E-state index in [1.165, 1.54) is 6.20 Å². The number of aromatic nitrogens is 2. The Morgan fingerprint density at radius 1 is 1.13 bits per heavy atom. The molecule has 0 atom stereocenters. The van der Waals surface area contributed by atoms with E-state index in [9.17, 15) is 4.48 Å². The maximum absolute atomic E-state index is 13.8. The summed E-state index contributed by atoms with van der Waals surface area (Å²) in [7, 11) is 0. The van der Waals surface area contributed by atoms with Crippen LogP contribution in [-0.2, 0) is 0 Å². The number of benzene rings is 1. The molecule has 0 aliphatic rings. The highest BCUT2D eigenvalue weighted by molar-refractivity contribution is 5.53. The zero-order valence-corrected chi connectivity index (χ0v) is 8.26. The third-order valence-electron chi connectivity index (χ3n) is 1.94. The number of aryl methyl sites for hydroxylation is 1. The highest BCUT2D eigenvalue weighted by Gasteiger charge is 2.09. The van der Waals surface area contributed by atoms with Gasteiger partial charge in [-0.2, -0.15) is 0 Å². The van der Waals surface area contributed by atoms with Crippen molar-refractivity contribution in [3.63, 3.8) is 0 Å². The Hall–Kier alpha value is -1.97. The van der Waals surface area contributed by atoms with Crippen molar-refractivity contribution in [3.05, 3.63) is 48.3 Å². The molecule has 2 rings (SSSR count). The van der Waals surface area contributed by atoms with Gasteiger partial charge < -0.3 is 0 Å². The molecule has 0 saturated heterocycles. The largest absolute Gasteiger partial charge is 0.259 e. The molecule has 0 fully saturated rings. The molecule has 2 aromatic rings. The van der Waals surface area contributed by atoms with Crippen LogP contribution < -0.4 is 5.12 Å². The lowest BCUT2D eigenvalue weighted by atomic mass is 10.3. The summed E-state index contributed by atoms with van der Waals surface area (Å²) in [6.07, 6.45) is 1.53. The molecule has 3 nitrogen and oxygen atoms in total. The van der Waals surface area contributed by atoms with Gasteiger partial charge in [0.1, 0.15) is 0 Å². The standard InChI is InChI=1S/C11H10FN3/c1-9-7-8-13-11(14-9)15(12)10-5-3-2-4-6-10/h2-8H,1H3. The number of hydrogen-bond acceptors (Lipinski definition) is 3.